The third-order valence-corrected chi connectivity index (χ3v) is 3.44. The summed E-state index contributed by atoms with van der Waals surface area (Å²) in [6.45, 7) is 3.85. The summed E-state index contributed by atoms with van der Waals surface area (Å²) in [6, 6.07) is 0.870. The lowest BCUT2D eigenvalue weighted by atomic mass is 10.1. The van der Waals surface area contributed by atoms with Gasteiger partial charge in [-0.25, -0.2) is 13.8 Å². The van der Waals surface area contributed by atoms with Gasteiger partial charge in [0.05, 0.1) is 19.3 Å². The summed E-state index contributed by atoms with van der Waals surface area (Å²) in [5.74, 6) is -1.08. The smallest absolute Gasteiger partial charge is 0.168 e. The monoisotopic (exact) mass is 301 g/mol. The summed E-state index contributed by atoms with van der Waals surface area (Å²) in [4.78, 5) is 5.86. The molecular formula is C14H21F2N3O2. The molecule has 1 aliphatic rings. The highest BCUT2D eigenvalue weighted by atomic mass is 19.1. The molecule has 2 rings (SSSR count). The first kappa shape index (κ1) is 15.9. The molecule has 1 fully saturated rings. The largest absolute Gasteiger partial charge is 0.394 e. The van der Waals surface area contributed by atoms with Crippen LogP contribution in [-0.4, -0.2) is 49.0 Å². The van der Waals surface area contributed by atoms with Gasteiger partial charge in [-0.1, -0.05) is 0 Å². The van der Waals surface area contributed by atoms with Crippen LogP contribution in [0.3, 0.4) is 0 Å². The minimum Gasteiger partial charge on any atom is -0.394 e. The van der Waals surface area contributed by atoms with Crippen LogP contribution in [0.25, 0.3) is 0 Å². The van der Waals surface area contributed by atoms with E-state index >= 15 is 0 Å². The second kappa shape index (κ2) is 7.51. The van der Waals surface area contributed by atoms with Crippen LogP contribution in [0.4, 0.5) is 20.4 Å². The van der Waals surface area contributed by atoms with E-state index in [9.17, 15) is 8.78 Å². The number of piperidine rings is 1. The van der Waals surface area contributed by atoms with Crippen LogP contribution < -0.4 is 10.2 Å². The zero-order chi connectivity index (χ0) is 15.2. The second-order valence-corrected chi connectivity index (χ2v) is 4.94. The minimum atomic E-state index is -0.681. The maximum atomic E-state index is 13.9. The Hall–Kier alpha value is -1.47. The van der Waals surface area contributed by atoms with Crippen molar-refractivity contribution in [2.75, 3.05) is 43.1 Å². The number of anilines is 2. The summed E-state index contributed by atoms with van der Waals surface area (Å²) >= 11 is 0. The zero-order valence-electron chi connectivity index (χ0n) is 12.1. The van der Waals surface area contributed by atoms with E-state index in [0.29, 0.717) is 26.2 Å². The predicted octanol–water partition coefficient (Wildman–Crippen LogP) is 1.77. The molecule has 7 heteroatoms. The minimum absolute atomic E-state index is 0.000404. The highest BCUT2D eigenvalue weighted by molar-refractivity contribution is 5.49. The first-order valence-electron chi connectivity index (χ1n) is 7.23. The SMILES string of the molecule is CCNc1nc(N2CCC(OCCO)CC2)c(F)cc1F. The highest BCUT2D eigenvalue weighted by Crippen LogP contribution is 2.25. The predicted molar refractivity (Wildman–Crippen MR) is 76.6 cm³/mol. The van der Waals surface area contributed by atoms with Crippen molar-refractivity contribution in [2.45, 2.75) is 25.9 Å². The third kappa shape index (κ3) is 4.01. The Labute approximate surface area is 122 Å². The molecule has 1 saturated heterocycles. The van der Waals surface area contributed by atoms with Crippen molar-refractivity contribution in [1.29, 1.82) is 0 Å². The lowest BCUT2D eigenvalue weighted by Gasteiger charge is -2.33. The number of nitrogens with one attached hydrogen (secondary N) is 1. The summed E-state index contributed by atoms with van der Waals surface area (Å²) in [6.07, 6.45) is 1.54. The van der Waals surface area contributed by atoms with Crippen LogP contribution in [0.1, 0.15) is 19.8 Å². The van der Waals surface area contributed by atoms with E-state index < -0.39 is 11.6 Å². The van der Waals surface area contributed by atoms with Crippen molar-refractivity contribution in [3.05, 3.63) is 17.7 Å². The quantitative estimate of drug-likeness (QED) is 0.838. The van der Waals surface area contributed by atoms with E-state index in [1.54, 1.807) is 4.90 Å². The molecule has 0 radical (unpaired) electrons. The number of halogens is 2. The van der Waals surface area contributed by atoms with Crippen molar-refractivity contribution in [2.24, 2.45) is 0 Å². The van der Waals surface area contributed by atoms with E-state index in [1.165, 1.54) is 0 Å². The number of rotatable bonds is 6. The van der Waals surface area contributed by atoms with Crippen molar-refractivity contribution >= 4 is 11.6 Å². The fraction of sp³-hybridized carbons (Fsp3) is 0.643. The molecule has 0 saturated carbocycles. The molecule has 0 aromatic carbocycles. The van der Waals surface area contributed by atoms with Crippen LogP contribution in [0, 0.1) is 11.6 Å². The molecule has 2 heterocycles. The van der Waals surface area contributed by atoms with E-state index in [0.717, 1.165) is 18.9 Å². The summed E-state index contributed by atoms with van der Waals surface area (Å²) < 4.78 is 32.9. The van der Waals surface area contributed by atoms with Gasteiger partial charge in [0.25, 0.3) is 0 Å². The molecule has 0 unspecified atom stereocenters. The lowest BCUT2D eigenvalue weighted by molar-refractivity contribution is 0.0158. The van der Waals surface area contributed by atoms with Crippen molar-refractivity contribution < 1.29 is 18.6 Å². The maximum Gasteiger partial charge on any atom is 0.168 e. The number of hydrogen-bond donors (Lipinski definition) is 2. The van der Waals surface area contributed by atoms with Gasteiger partial charge in [-0.15, -0.1) is 0 Å². The van der Waals surface area contributed by atoms with Gasteiger partial charge in [-0.2, -0.15) is 0 Å². The van der Waals surface area contributed by atoms with Gasteiger partial charge >= 0.3 is 0 Å². The number of aromatic nitrogens is 1. The van der Waals surface area contributed by atoms with Gasteiger partial charge < -0.3 is 20.1 Å². The number of nitrogens with zero attached hydrogens (tertiary/aromatic N) is 2. The maximum absolute atomic E-state index is 13.9. The van der Waals surface area contributed by atoms with E-state index in [1.807, 2.05) is 6.92 Å². The van der Waals surface area contributed by atoms with Crippen LogP contribution >= 0.6 is 0 Å². The molecular weight excluding hydrogens is 280 g/mol. The summed E-state index contributed by atoms with van der Waals surface area (Å²) in [5, 5.41) is 11.5. The van der Waals surface area contributed by atoms with Gasteiger partial charge in [0, 0.05) is 25.7 Å². The summed E-state index contributed by atoms with van der Waals surface area (Å²) in [7, 11) is 0. The number of pyridine rings is 1. The lowest BCUT2D eigenvalue weighted by Crippen LogP contribution is -2.38. The first-order valence-corrected chi connectivity index (χ1v) is 7.23. The third-order valence-electron chi connectivity index (χ3n) is 3.44. The van der Waals surface area contributed by atoms with Crippen molar-refractivity contribution in [1.82, 2.24) is 4.98 Å². The Balaban J connectivity index is 2.04. The Morgan fingerprint density at radius 1 is 1.38 bits per heavy atom. The van der Waals surface area contributed by atoms with Crippen LogP contribution in [0.15, 0.2) is 6.07 Å². The van der Waals surface area contributed by atoms with Crippen molar-refractivity contribution in [3.8, 4) is 0 Å². The van der Waals surface area contributed by atoms with E-state index in [4.69, 9.17) is 9.84 Å². The van der Waals surface area contributed by atoms with Crippen LogP contribution in [-0.2, 0) is 4.74 Å². The first-order chi connectivity index (χ1) is 10.2. The van der Waals surface area contributed by atoms with Gasteiger partial charge in [0.2, 0.25) is 0 Å². The average molecular weight is 301 g/mol. The molecule has 1 aliphatic heterocycles. The molecule has 5 nitrogen and oxygen atoms in total. The Kier molecular flexibility index (Phi) is 5.69. The summed E-state index contributed by atoms with van der Waals surface area (Å²) in [5.41, 5.74) is 0. The second-order valence-electron chi connectivity index (χ2n) is 4.94. The molecule has 0 atom stereocenters. The van der Waals surface area contributed by atoms with Gasteiger partial charge in [-0.3, -0.25) is 0 Å². The van der Waals surface area contributed by atoms with E-state index in [-0.39, 0.29) is 24.3 Å². The fourth-order valence-corrected chi connectivity index (χ4v) is 2.42. The number of aliphatic hydroxyl groups is 1. The highest BCUT2D eigenvalue weighted by Gasteiger charge is 2.24. The molecule has 1 aromatic heterocycles. The number of ether oxygens (including phenoxy) is 1. The molecule has 1 aromatic rings. The van der Waals surface area contributed by atoms with Gasteiger partial charge in [-0.05, 0) is 19.8 Å². The number of aliphatic hydroxyl groups excluding tert-OH is 1. The Morgan fingerprint density at radius 3 is 2.71 bits per heavy atom. The van der Waals surface area contributed by atoms with Crippen molar-refractivity contribution in [3.63, 3.8) is 0 Å². The molecule has 2 N–H and O–H groups in total. The standard InChI is InChI=1S/C14H21F2N3O2/c1-2-17-13-11(15)9-12(16)14(18-13)19-5-3-10(4-6-19)21-8-7-20/h9-10,20H,2-8H2,1H3,(H,17,18). The molecule has 0 spiro atoms. The molecule has 0 aliphatic carbocycles. The molecule has 0 bridgehead atoms. The average Bonchev–Trinajstić information content (AvgIpc) is 2.49. The van der Waals surface area contributed by atoms with Gasteiger partial charge in [0.15, 0.2) is 23.3 Å². The zero-order valence-corrected chi connectivity index (χ0v) is 12.1. The van der Waals surface area contributed by atoms with E-state index in [2.05, 4.69) is 10.3 Å². The van der Waals surface area contributed by atoms with Gasteiger partial charge in [0.1, 0.15) is 0 Å². The molecule has 21 heavy (non-hydrogen) atoms. The van der Waals surface area contributed by atoms with Crippen LogP contribution in [0.5, 0.6) is 0 Å². The Morgan fingerprint density at radius 2 is 2.10 bits per heavy atom. The van der Waals surface area contributed by atoms with Crippen LogP contribution in [0.2, 0.25) is 0 Å². The number of hydrogen-bond acceptors (Lipinski definition) is 5. The molecule has 118 valence electrons. The molecule has 0 amide bonds. The topological polar surface area (TPSA) is 57.6 Å². The fourth-order valence-electron chi connectivity index (χ4n) is 2.42. The Bertz CT molecular complexity index is 466. The normalized spacial score (nSPS) is 16.3.